The lowest BCUT2D eigenvalue weighted by molar-refractivity contribution is -0.123. The minimum absolute atomic E-state index is 0.192. The van der Waals surface area contributed by atoms with E-state index in [0.29, 0.717) is 6.42 Å². The molecule has 0 aliphatic rings. The number of hydrogen-bond donors (Lipinski definition) is 2. The Hall–Kier alpha value is -0.620. The quantitative estimate of drug-likeness (QED) is 0.687. The van der Waals surface area contributed by atoms with Gasteiger partial charge in [-0.1, -0.05) is 6.92 Å². The van der Waals surface area contributed by atoms with E-state index in [9.17, 15) is 13.2 Å². The second-order valence-corrected chi connectivity index (χ2v) is 6.61. The molecule has 0 aromatic carbocycles. The maximum Gasteiger partial charge on any atom is 0.241 e. The molecule has 2 N–H and O–H groups in total. The van der Waals surface area contributed by atoms with Crippen LogP contribution < -0.4 is 5.32 Å². The molecule has 0 saturated carbocycles. The van der Waals surface area contributed by atoms with Gasteiger partial charge in [-0.25, -0.2) is 8.42 Å². The highest BCUT2D eigenvalue weighted by atomic mass is 32.2. The van der Waals surface area contributed by atoms with Gasteiger partial charge in [0.25, 0.3) is 0 Å². The van der Waals surface area contributed by atoms with Gasteiger partial charge in [0.05, 0.1) is 12.6 Å². The van der Waals surface area contributed by atoms with Crippen molar-refractivity contribution in [1.82, 2.24) is 5.32 Å². The number of aliphatic hydroxyl groups excluding tert-OH is 1. The largest absolute Gasteiger partial charge is 0.394 e. The highest BCUT2D eigenvalue weighted by Gasteiger charge is 2.38. The molecular weight excluding hydrogens is 218 g/mol. The summed E-state index contributed by atoms with van der Waals surface area (Å²) in [6.45, 7) is 4.31. The molecule has 0 unspecified atom stereocenters. The number of aliphatic hydroxyl groups is 1. The number of sulfone groups is 1. The van der Waals surface area contributed by atoms with Gasteiger partial charge < -0.3 is 10.4 Å². The van der Waals surface area contributed by atoms with Gasteiger partial charge in [0.2, 0.25) is 5.91 Å². The van der Waals surface area contributed by atoms with Crippen LogP contribution in [0.4, 0.5) is 0 Å². The first-order chi connectivity index (χ1) is 6.66. The predicted octanol–water partition coefficient (Wildman–Crippen LogP) is -0.303. The Morgan fingerprint density at radius 1 is 1.47 bits per heavy atom. The van der Waals surface area contributed by atoms with Gasteiger partial charge in [-0.05, 0) is 20.3 Å². The summed E-state index contributed by atoms with van der Waals surface area (Å²) in [5.74, 6) is -0.578. The van der Waals surface area contributed by atoms with Crippen molar-refractivity contribution in [2.24, 2.45) is 0 Å². The Morgan fingerprint density at radius 3 is 2.20 bits per heavy atom. The van der Waals surface area contributed by atoms with E-state index >= 15 is 0 Å². The van der Waals surface area contributed by atoms with Crippen LogP contribution in [0.3, 0.4) is 0 Å². The van der Waals surface area contributed by atoms with Crippen LogP contribution in [0.25, 0.3) is 0 Å². The third-order valence-electron chi connectivity index (χ3n) is 2.52. The number of rotatable bonds is 5. The van der Waals surface area contributed by atoms with Gasteiger partial charge in [0.1, 0.15) is 4.75 Å². The van der Waals surface area contributed by atoms with Gasteiger partial charge in [-0.2, -0.15) is 0 Å². The van der Waals surface area contributed by atoms with Crippen molar-refractivity contribution in [3.05, 3.63) is 0 Å². The molecule has 0 radical (unpaired) electrons. The molecule has 0 fully saturated rings. The molecule has 0 aromatic rings. The van der Waals surface area contributed by atoms with Crippen molar-refractivity contribution in [3.63, 3.8) is 0 Å². The molecule has 0 bridgehead atoms. The van der Waals surface area contributed by atoms with Crippen molar-refractivity contribution in [3.8, 4) is 0 Å². The fourth-order valence-corrected chi connectivity index (χ4v) is 1.20. The number of amides is 1. The molecule has 0 heterocycles. The zero-order chi connectivity index (χ0) is 12.3. The van der Waals surface area contributed by atoms with Crippen LogP contribution in [-0.4, -0.2) is 43.1 Å². The van der Waals surface area contributed by atoms with E-state index in [0.717, 1.165) is 6.26 Å². The van der Waals surface area contributed by atoms with Crippen LogP contribution in [-0.2, 0) is 14.6 Å². The van der Waals surface area contributed by atoms with Gasteiger partial charge in [0.15, 0.2) is 9.84 Å². The summed E-state index contributed by atoms with van der Waals surface area (Å²) in [4.78, 5) is 11.6. The molecule has 0 saturated heterocycles. The smallest absolute Gasteiger partial charge is 0.241 e. The van der Waals surface area contributed by atoms with Crippen molar-refractivity contribution in [2.75, 3.05) is 12.9 Å². The van der Waals surface area contributed by atoms with E-state index in [1.807, 2.05) is 0 Å². The lowest BCUT2D eigenvalue weighted by atomic mass is 10.1. The number of carbonyl (C=O) groups excluding carboxylic acids is 1. The van der Waals surface area contributed by atoms with Crippen molar-refractivity contribution in [2.45, 2.75) is 38.0 Å². The summed E-state index contributed by atoms with van der Waals surface area (Å²) in [6.07, 6.45) is 1.58. The van der Waals surface area contributed by atoms with Crippen LogP contribution in [0.2, 0.25) is 0 Å². The third kappa shape index (κ3) is 3.46. The first-order valence-corrected chi connectivity index (χ1v) is 6.67. The summed E-state index contributed by atoms with van der Waals surface area (Å²) in [5, 5.41) is 11.4. The highest BCUT2D eigenvalue weighted by molar-refractivity contribution is 7.92. The highest BCUT2D eigenvalue weighted by Crippen LogP contribution is 2.15. The fraction of sp³-hybridized carbons (Fsp3) is 0.889. The van der Waals surface area contributed by atoms with Crippen molar-refractivity contribution >= 4 is 15.7 Å². The maximum atomic E-state index is 11.6. The van der Waals surface area contributed by atoms with Gasteiger partial charge >= 0.3 is 0 Å². The van der Waals surface area contributed by atoms with E-state index in [1.165, 1.54) is 13.8 Å². The molecule has 0 aliphatic heterocycles. The zero-order valence-electron chi connectivity index (χ0n) is 9.57. The number of carbonyl (C=O) groups is 1. The molecule has 0 spiro atoms. The SMILES string of the molecule is CC[C@H](CO)NC(=O)C(C)(C)S(C)(=O)=O. The van der Waals surface area contributed by atoms with Crippen LogP contribution in [0, 0.1) is 0 Å². The topological polar surface area (TPSA) is 83.5 Å². The van der Waals surface area contributed by atoms with E-state index < -0.39 is 26.5 Å². The van der Waals surface area contributed by atoms with Crippen LogP contribution >= 0.6 is 0 Å². The first kappa shape index (κ1) is 14.4. The number of nitrogens with one attached hydrogen (secondary N) is 1. The molecule has 15 heavy (non-hydrogen) atoms. The molecule has 1 atom stereocenters. The minimum Gasteiger partial charge on any atom is -0.394 e. The van der Waals surface area contributed by atoms with E-state index in [-0.39, 0.29) is 6.61 Å². The predicted molar refractivity (Wildman–Crippen MR) is 58.2 cm³/mol. The molecule has 1 amide bonds. The van der Waals surface area contributed by atoms with Crippen LogP contribution in [0.15, 0.2) is 0 Å². The standard InChI is InChI=1S/C9H19NO4S/c1-5-7(6-11)10-8(12)9(2,3)15(4,13)14/h7,11H,5-6H2,1-4H3,(H,10,12)/t7-/m1/s1. The lowest BCUT2D eigenvalue weighted by Gasteiger charge is -2.24. The second kappa shape index (κ2) is 4.94. The third-order valence-corrected chi connectivity index (χ3v) is 4.56. The molecule has 90 valence electrons. The Kier molecular flexibility index (Phi) is 4.73. The van der Waals surface area contributed by atoms with E-state index in [1.54, 1.807) is 6.92 Å². The van der Waals surface area contributed by atoms with Gasteiger partial charge in [-0.3, -0.25) is 4.79 Å². The first-order valence-electron chi connectivity index (χ1n) is 4.78. The summed E-state index contributed by atoms with van der Waals surface area (Å²) in [6, 6.07) is -0.390. The summed E-state index contributed by atoms with van der Waals surface area (Å²) < 4.78 is 21.2. The molecular formula is C9H19NO4S. The Morgan fingerprint density at radius 2 is 1.93 bits per heavy atom. The fourth-order valence-electron chi connectivity index (χ4n) is 0.804. The second-order valence-electron chi connectivity index (χ2n) is 4.04. The number of hydrogen-bond acceptors (Lipinski definition) is 4. The minimum atomic E-state index is -3.46. The molecule has 0 aromatic heterocycles. The van der Waals surface area contributed by atoms with E-state index in [4.69, 9.17) is 5.11 Å². The van der Waals surface area contributed by atoms with Gasteiger partial charge in [-0.15, -0.1) is 0 Å². The lowest BCUT2D eigenvalue weighted by Crippen LogP contribution is -2.51. The van der Waals surface area contributed by atoms with E-state index in [2.05, 4.69) is 5.32 Å². The molecule has 0 aliphatic carbocycles. The molecule has 5 nitrogen and oxygen atoms in total. The average Bonchev–Trinajstić information content (AvgIpc) is 2.11. The van der Waals surface area contributed by atoms with Crippen molar-refractivity contribution in [1.29, 1.82) is 0 Å². The maximum absolute atomic E-state index is 11.6. The normalized spacial score (nSPS) is 14.7. The Bertz CT molecular complexity index is 317. The zero-order valence-corrected chi connectivity index (χ0v) is 10.4. The van der Waals surface area contributed by atoms with Crippen LogP contribution in [0.5, 0.6) is 0 Å². The summed E-state index contributed by atoms with van der Waals surface area (Å²) in [5.41, 5.74) is 0. The monoisotopic (exact) mass is 237 g/mol. The average molecular weight is 237 g/mol. The Labute approximate surface area is 90.8 Å². The van der Waals surface area contributed by atoms with Crippen molar-refractivity contribution < 1.29 is 18.3 Å². The molecule has 0 rings (SSSR count). The van der Waals surface area contributed by atoms with Gasteiger partial charge in [0, 0.05) is 6.26 Å². The Balaban J connectivity index is 4.73. The summed E-state index contributed by atoms with van der Waals surface area (Å²) in [7, 11) is -3.46. The molecule has 6 heteroatoms. The summed E-state index contributed by atoms with van der Waals surface area (Å²) >= 11 is 0. The van der Waals surface area contributed by atoms with Crippen LogP contribution in [0.1, 0.15) is 27.2 Å².